The van der Waals surface area contributed by atoms with Crippen molar-refractivity contribution in [3.8, 4) is 0 Å². The normalized spacial score (nSPS) is 19.4. The van der Waals surface area contributed by atoms with Crippen LogP contribution in [-0.4, -0.2) is 83.2 Å². The number of carboxylic acid groups (broad SMARTS) is 1. The number of aromatic nitrogens is 2. The van der Waals surface area contributed by atoms with Crippen LogP contribution in [0.1, 0.15) is 96.5 Å². The molecule has 10 nitrogen and oxygen atoms in total. The smallest absolute Gasteiger partial charge is 0.303 e. The van der Waals surface area contributed by atoms with Gasteiger partial charge in [0, 0.05) is 56.8 Å². The van der Waals surface area contributed by atoms with E-state index < -0.39 is 23.1 Å². The molecule has 5 rings (SSSR count). The van der Waals surface area contributed by atoms with Crippen LogP contribution in [-0.2, 0) is 16.1 Å². The summed E-state index contributed by atoms with van der Waals surface area (Å²) < 4.78 is 30.9. The topological polar surface area (TPSA) is 114 Å². The van der Waals surface area contributed by atoms with E-state index in [0.29, 0.717) is 44.6 Å². The minimum Gasteiger partial charge on any atom is -0.481 e. The van der Waals surface area contributed by atoms with Crippen LogP contribution in [0.5, 0.6) is 0 Å². The second-order valence-electron chi connectivity index (χ2n) is 14.8. The van der Waals surface area contributed by atoms with Gasteiger partial charge in [-0.1, -0.05) is 46.0 Å². The van der Waals surface area contributed by atoms with Gasteiger partial charge in [-0.25, -0.2) is 18.7 Å². The molecule has 3 aliphatic rings. The Kier molecular flexibility index (Phi) is 12.1. The molecule has 1 spiro atoms. The minimum atomic E-state index is -0.719. The van der Waals surface area contributed by atoms with Gasteiger partial charge in [0.25, 0.3) is 0 Å². The number of rotatable bonds is 15. The fourth-order valence-corrected chi connectivity index (χ4v) is 7.20. The molecule has 1 aromatic heterocycles. The number of anilines is 3. The molecule has 0 radical (unpaired) electrons. The number of piperidine rings is 2. The fourth-order valence-electron chi connectivity index (χ4n) is 7.20. The molecule has 0 bridgehead atoms. The van der Waals surface area contributed by atoms with E-state index >= 15 is 8.78 Å². The molecule has 2 aromatic rings. The Morgan fingerprint density at radius 3 is 2.29 bits per heavy atom. The van der Waals surface area contributed by atoms with E-state index in [1.165, 1.54) is 12.1 Å². The highest BCUT2D eigenvalue weighted by molar-refractivity contribution is 5.84. The van der Waals surface area contributed by atoms with Gasteiger partial charge in [-0.05, 0) is 63.1 Å². The van der Waals surface area contributed by atoms with Gasteiger partial charge in [0.15, 0.2) is 0 Å². The third kappa shape index (κ3) is 9.99. The van der Waals surface area contributed by atoms with E-state index in [0.717, 1.165) is 89.1 Å². The molecule has 12 heteroatoms. The quantitative estimate of drug-likeness (QED) is 0.198. The van der Waals surface area contributed by atoms with Crippen LogP contribution in [0.4, 0.5) is 26.1 Å². The van der Waals surface area contributed by atoms with Gasteiger partial charge in [0.05, 0.1) is 17.8 Å². The zero-order valence-corrected chi connectivity index (χ0v) is 28.7. The molecule has 0 unspecified atom stereocenters. The Morgan fingerprint density at radius 2 is 1.58 bits per heavy atom. The summed E-state index contributed by atoms with van der Waals surface area (Å²) in [7, 11) is 0. The molecule has 3 N–H and O–H groups in total. The number of carbonyl (C=O) groups is 2. The molecule has 3 saturated heterocycles. The van der Waals surface area contributed by atoms with E-state index in [4.69, 9.17) is 5.11 Å². The Labute approximate surface area is 283 Å². The van der Waals surface area contributed by atoms with Gasteiger partial charge in [0.2, 0.25) is 5.91 Å². The van der Waals surface area contributed by atoms with Crippen molar-refractivity contribution in [3.05, 3.63) is 41.7 Å². The van der Waals surface area contributed by atoms with Crippen molar-refractivity contribution in [1.82, 2.24) is 20.2 Å². The van der Waals surface area contributed by atoms with Crippen molar-refractivity contribution in [3.63, 3.8) is 0 Å². The summed E-state index contributed by atoms with van der Waals surface area (Å²) in [5, 5.41) is 15.3. The monoisotopic (exact) mass is 669 g/mol. The van der Waals surface area contributed by atoms with Crippen molar-refractivity contribution in [1.29, 1.82) is 0 Å². The number of halogens is 2. The third-order valence-electron chi connectivity index (χ3n) is 10.4. The van der Waals surface area contributed by atoms with Gasteiger partial charge in [-0.15, -0.1) is 0 Å². The summed E-state index contributed by atoms with van der Waals surface area (Å²) in [6.45, 7) is 9.19. The van der Waals surface area contributed by atoms with Crippen molar-refractivity contribution in [2.24, 2.45) is 5.41 Å². The summed E-state index contributed by atoms with van der Waals surface area (Å²) in [6, 6.07) is 4.55. The predicted molar refractivity (Wildman–Crippen MR) is 184 cm³/mol. The van der Waals surface area contributed by atoms with Crippen LogP contribution in [0.3, 0.4) is 0 Å². The number of aliphatic carboxylic acids is 1. The van der Waals surface area contributed by atoms with Gasteiger partial charge in [0.1, 0.15) is 29.6 Å². The lowest BCUT2D eigenvalue weighted by atomic mass is 9.82. The lowest BCUT2D eigenvalue weighted by Gasteiger charge is -2.48. The predicted octanol–water partition coefficient (Wildman–Crippen LogP) is 5.97. The van der Waals surface area contributed by atoms with E-state index in [-0.39, 0.29) is 30.0 Å². The Balaban J connectivity index is 1.09. The Hall–Kier alpha value is -3.54. The lowest BCUT2D eigenvalue weighted by molar-refractivity contribution is -0.137. The Bertz CT molecular complexity index is 1390. The maximum atomic E-state index is 15.5. The van der Waals surface area contributed by atoms with E-state index in [1.807, 2.05) is 6.07 Å². The SMILES string of the molecule is CC1(C)CCN(Cc2cc(F)c(N3CC(=O)NC4(CCN(c5cc(NCCCCCCCCCC(=O)O)ncn5)CC4)C3)cc2F)CC1. The van der Waals surface area contributed by atoms with Crippen molar-refractivity contribution in [2.45, 2.75) is 103 Å². The first-order valence-corrected chi connectivity index (χ1v) is 17.8. The summed E-state index contributed by atoms with van der Waals surface area (Å²) in [5.74, 6) is -0.214. The van der Waals surface area contributed by atoms with Crippen LogP contribution in [0.15, 0.2) is 24.5 Å². The highest BCUT2D eigenvalue weighted by Gasteiger charge is 2.42. The number of hydrogen-bond acceptors (Lipinski definition) is 8. The minimum absolute atomic E-state index is 0.00386. The summed E-state index contributed by atoms with van der Waals surface area (Å²) in [5.41, 5.74) is 0.267. The maximum Gasteiger partial charge on any atom is 0.303 e. The molecular weight excluding hydrogens is 616 g/mol. The maximum absolute atomic E-state index is 15.5. The zero-order chi connectivity index (χ0) is 34.1. The number of amides is 1. The number of nitrogens with zero attached hydrogens (tertiary/aromatic N) is 5. The molecule has 1 aromatic carbocycles. The third-order valence-corrected chi connectivity index (χ3v) is 10.4. The summed E-state index contributed by atoms with van der Waals surface area (Å²) in [6.07, 6.45) is 12.4. The number of nitrogens with one attached hydrogen (secondary N) is 2. The standard InChI is InChI=1S/C36H53F2N7O3/c1-35(2)11-16-43(17-12-35)23-27-20-29(38)30(21-28(27)37)45-24-33(46)42-36(25-45)13-18-44(19-14-36)32-22-31(40-26-41-32)39-15-9-7-5-3-4-6-8-10-34(47)48/h20-22,26H,3-19,23-25H2,1-2H3,(H,42,46)(H,47,48)(H,39,40,41). The number of hydrogen-bond donors (Lipinski definition) is 3. The number of benzene rings is 1. The average molecular weight is 670 g/mol. The van der Waals surface area contributed by atoms with Crippen LogP contribution < -0.4 is 20.4 Å². The van der Waals surface area contributed by atoms with Gasteiger partial charge in [-0.2, -0.15) is 0 Å². The number of likely N-dealkylation sites (tertiary alicyclic amines) is 1. The highest BCUT2D eigenvalue weighted by Crippen LogP contribution is 2.34. The molecule has 48 heavy (non-hydrogen) atoms. The Morgan fingerprint density at radius 1 is 0.896 bits per heavy atom. The van der Waals surface area contributed by atoms with Crippen LogP contribution >= 0.6 is 0 Å². The van der Waals surface area contributed by atoms with Crippen molar-refractivity contribution >= 4 is 29.2 Å². The van der Waals surface area contributed by atoms with Crippen molar-refractivity contribution < 1.29 is 23.5 Å². The van der Waals surface area contributed by atoms with Crippen molar-refractivity contribution in [2.75, 3.05) is 60.9 Å². The molecular formula is C36H53F2N7O3. The van der Waals surface area contributed by atoms with E-state index in [1.54, 1.807) is 11.2 Å². The number of unbranched alkanes of at least 4 members (excludes halogenated alkanes) is 6. The first kappa shape index (κ1) is 35.8. The lowest BCUT2D eigenvalue weighted by Crippen LogP contribution is -2.66. The van der Waals surface area contributed by atoms with Gasteiger partial charge in [-0.3, -0.25) is 14.5 Å². The molecule has 1 amide bonds. The van der Waals surface area contributed by atoms with E-state index in [9.17, 15) is 9.59 Å². The first-order chi connectivity index (χ1) is 23.0. The largest absolute Gasteiger partial charge is 0.481 e. The number of carboxylic acids is 1. The van der Waals surface area contributed by atoms with Crippen LogP contribution in [0.2, 0.25) is 0 Å². The molecule has 3 fully saturated rings. The molecule has 4 heterocycles. The first-order valence-electron chi connectivity index (χ1n) is 17.8. The number of carbonyl (C=O) groups excluding carboxylic acids is 1. The number of piperazine rings is 1. The second kappa shape index (κ2) is 16.2. The van der Waals surface area contributed by atoms with Crippen LogP contribution in [0, 0.1) is 17.0 Å². The summed E-state index contributed by atoms with van der Waals surface area (Å²) >= 11 is 0. The zero-order valence-electron chi connectivity index (χ0n) is 28.7. The molecule has 3 aliphatic heterocycles. The molecule has 264 valence electrons. The fraction of sp³-hybridized carbons (Fsp3) is 0.667. The van der Waals surface area contributed by atoms with Gasteiger partial charge < -0.3 is 25.5 Å². The van der Waals surface area contributed by atoms with E-state index in [2.05, 4.69) is 44.2 Å². The molecule has 0 atom stereocenters. The molecule has 0 aliphatic carbocycles. The average Bonchev–Trinajstić information content (AvgIpc) is 3.04. The second-order valence-corrected chi connectivity index (χ2v) is 14.8. The highest BCUT2D eigenvalue weighted by atomic mass is 19.1. The van der Waals surface area contributed by atoms with Crippen LogP contribution in [0.25, 0.3) is 0 Å². The summed E-state index contributed by atoms with van der Waals surface area (Å²) in [4.78, 5) is 38.5. The molecule has 0 saturated carbocycles. The van der Waals surface area contributed by atoms with Gasteiger partial charge >= 0.3 is 5.97 Å².